The van der Waals surface area contributed by atoms with Gasteiger partial charge in [0.25, 0.3) is 0 Å². The molecule has 0 N–H and O–H groups in total. The number of allylic oxidation sites excluding steroid dienone is 1. The normalized spacial score (nSPS) is 14.2. The van der Waals surface area contributed by atoms with Gasteiger partial charge in [-0.25, -0.2) is 4.79 Å². The summed E-state index contributed by atoms with van der Waals surface area (Å²) in [5, 5.41) is 0. The van der Waals surface area contributed by atoms with E-state index in [2.05, 4.69) is 73.3 Å². The van der Waals surface area contributed by atoms with Crippen molar-refractivity contribution in [2.24, 2.45) is 0 Å². The summed E-state index contributed by atoms with van der Waals surface area (Å²) in [6.07, 6.45) is 6.77. The van der Waals surface area contributed by atoms with Gasteiger partial charge in [0.05, 0.1) is 12.7 Å². The van der Waals surface area contributed by atoms with Crippen molar-refractivity contribution in [3.63, 3.8) is 0 Å². The van der Waals surface area contributed by atoms with Crippen molar-refractivity contribution in [1.29, 1.82) is 0 Å². The van der Waals surface area contributed by atoms with Gasteiger partial charge in [0, 0.05) is 5.41 Å². The molecular weight excluding hydrogens is 344 g/mol. The van der Waals surface area contributed by atoms with Crippen LogP contribution in [0.1, 0.15) is 38.2 Å². The molecule has 0 spiro atoms. The van der Waals surface area contributed by atoms with Crippen molar-refractivity contribution in [2.75, 3.05) is 7.11 Å². The molecule has 0 unspecified atom stereocenters. The van der Waals surface area contributed by atoms with Gasteiger partial charge in [-0.1, -0.05) is 97.6 Å². The Morgan fingerprint density at radius 1 is 0.964 bits per heavy atom. The standard InChI is InChI=1S/C26H22O2/c1-3-19-14-15-20-18-26(21-10-6-4-7-11-21,22-12-8-5-9-13-22)17-16-23(20)24(19)25(27)28-2/h3-17H,1,18H2,2H3. The third-order valence-electron chi connectivity index (χ3n) is 5.56. The van der Waals surface area contributed by atoms with Gasteiger partial charge in [-0.15, -0.1) is 0 Å². The fraction of sp³-hybridized carbons (Fsp3) is 0.115. The molecule has 3 aromatic carbocycles. The monoisotopic (exact) mass is 366 g/mol. The molecule has 0 amide bonds. The zero-order chi connectivity index (χ0) is 19.6. The quantitative estimate of drug-likeness (QED) is 0.556. The molecule has 4 rings (SSSR count). The number of hydrogen-bond acceptors (Lipinski definition) is 2. The number of ether oxygens (including phenoxy) is 1. The summed E-state index contributed by atoms with van der Waals surface area (Å²) in [6, 6.07) is 25.1. The summed E-state index contributed by atoms with van der Waals surface area (Å²) in [5.74, 6) is -0.330. The number of carbonyl (C=O) groups excluding carboxylic acids is 1. The van der Waals surface area contributed by atoms with Gasteiger partial charge in [-0.3, -0.25) is 0 Å². The fourth-order valence-corrected chi connectivity index (χ4v) is 4.14. The predicted molar refractivity (Wildman–Crippen MR) is 114 cm³/mol. The summed E-state index contributed by atoms with van der Waals surface area (Å²) in [7, 11) is 1.42. The van der Waals surface area contributed by atoms with Crippen LogP contribution in [0.4, 0.5) is 0 Å². The van der Waals surface area contributed by atoms with Gasteiger partial charge in [-0.2, -0.15) is 0 Å². The van der Waals surface area contributed by atoms with Gasteiger partial charge in [-0.05, 0) is 34.2 Å². The van der Waals surface area contributed by atoms with Crippen LogP contribution < -0.4 is 0 Å². The second-order valence-corrected chi connectivity index (χ2v) is 7.01. The molecule has 2 heteroatoms. The van der Waals surface area contributed by atoms with E-state index in [-0.39, 0.29) is 11.4 Å². The third kappa shape index (κ3) is 2.87. The number of benzene rings is 3. The average Bonchev–Trinajstić information content (AvgIpc) is 2.78. The van der Waals surface area contributed by atoms with E-state index in [1.165, 1.54) is 18.2 Å². The molecule has 0 bridgehead atoms. The Balaban J connectivity index is 1.94. The number of esters is 1. The minimum atomic E-state index is -0.330. The van der Waals surface area contributed by atoms with Crippen molar-refractivity contribution >= 4 is 18.1 Å². The fourth-order valence-electron chi connectivity index (χ4n) is 4.14. The van der Waals surface area contributed by atoms with Crippen LogP contribution in [0.25, 0.3) is 12.2 Å². The van der Waals surface area contributed by atoms with E-state index < -0.39 is 0 Å². The SMILES string of the molecule is C=Cc1ccc2c(c1C(=O)OC)C=CC(c1ccccc1)(c1ccccc1)C2. The molecule has 0 heterocycles. The second kappa shape index (κ2) is 7.32. The van der Waals surface area contributed by atoms with Crippen LogP contribution in [0.5, 0.6) is 0 Å². The highest BCUT2D eigenvalue weighted by Crippen LogP contribution is 2.42. The topological polar surface area (TPSA) is 26.3 Å². The van der Waals surface area contributed by atoms with E-state index in [9.17, 15) is 4.79 Å². The van der Waals surface area contributed by atoms with Crippen molar-refractivity contribution in [3.05, 3.63) is 119 Å². The molecular formula is C26H22O2. The maximum Gasteiger partial charge on any atom is 0.339 e. The highest BCUT2D eigenvalue weighted by Gasteiger charge is 2.36. The molecule has 0 aromatic heterocycles. The Morgan fingerprint density at radius 2 is 1.57 bits per heavy atom. The van der Waals surface area contributed by atoms with Crippen molar-refractivity contribution in [3.8, 4) is 0 Å². The summed E-state index contributed by atoms with van der Waals surface area (Å²) >= 11 is 0. The zero-order valence-electron chi connectivity index (χ0n) is 15.9. The second-order valence-electron chi connectivity index (χ2n) is 7.01. The highest BCUT2D eigenvalue weighted by molar-refractivity contribution is 5.98. The lowest BCUT2D eigenvalue weighted by molar-refractivity contribution is 0.0600. The molecule has 138 valence electrons. The van der Waals surface area contributed by atoms with Crippen molar-refractivity contribution < 1.29 is 9.53 Å². The molecule has 0 saturated heterocycles. The summed E-state index contributed by atoms with van der Waals surface area (Å²) in [4.78, 5) is 12.5. The maximum atomic E-state index is 12.5. The molecule has 0 radical (unpaired) electrons. The molecule has 1 aliphatic carbocycles. The number of rotatable bonds is 4. The molecule has 28 heavy (non-hydrogen) atoms. The van der Waals surface area contributed by atoms with Crippen LogP contribution in [-0.2, 0) is 16.6 Å². The first-order chi connectivity index (χ1) is 13.7. The van der Waals surface area contributed by atoms with Crippen LogP contribution in [0.3, 0.4) is 0 Å². The lowest BCUT2D eigenvalue weighted by Crippen LogP contribution is -2.31. The first-order valence-corrected chi connectivity index (χ1v) is 9.36. The van der Waals surface area contributed by atoms with E-state index in [4.69, 9.17) is 4.74 Å². The Labute approximate surface area is 165 Å². The Kier molecular flexibility index (Phi) is 4.70. The number of methoxy groups -OCH3 is 1. The van der Waals surface area contributed by atoms with Gasteiger partial charge >= 0.3 is 5.97 Å². The number of carbonyl (C=O) groups is 1. The first kappa shape index (κ1) is 18.0. The third-order valence-corrected chi connectivity index (χ3v) is 5.56. The molecule has 3 aromatic rings. The van der Waals surface area contributed by atoms with Crippen molar-refractivity contribution in [1.82, 2.24) is 0 Å². The Morgan fingerprint density at radius 3 is 2.11 bits per heavy atom. The lowest BCUT2D eigenvalue weighted by atomic mass is 9.67. The highest BCUT2D eigenvalue weighted by atomic mass is 16.5. The van der Waals surface area contributed by atoms with E-state index in [0.29, 0.717) is 5.56 Å². The molecule has 1 aliphatic rings. The van der Waals surface area contributed by atoms with Crippen LogP contribution in [0.15, 0.2) is 85.5 Å². The van der Waals surface area contributed by atoms with Gasteiger partial charge in [0.1, 0.15) is 0 Å². The molecule has 2 nitrogen and oxygen atoms in total. The zero-order valence-corrected chi connectivity index (χ0v) is 15.9. The van der Waals surface area contributed by atoms with Gasteiger partial charge in [0.2, 0.25) is 0 Å². The van der Waals surface area contributed by atoms with E-state index in [1.807, 2.05) is 18.2 Å². The molecule has 0 fully saturated rings. The van der Waals surface area contributed by atoms with Crippen LogP contribution >= 0.6 is 0 Å². The Hall–Kier alpha value is -3.39. The molecule has 0 atom stereocenters. The van der Waals surface area contributed by atoms with E-state index in [1.54, 1.807) is 6.08 Å². The first-order valence-electron chi connectivity index (χ1n) is 9.36. The minimum absolute atomic E-state index is 0.279. The molecule has 0 aliphatic heterocycles. The number of fused-ring (bicyclic) bond motifs is 1. The van der Waals surface area contributed by atoms with Gasteiger partial charge in [0.15, 0.2) is 0 Å². The predicted octanol–water partition coefficient (Wildman–Crippen LogP) is 5.67. The largest absolute Gasteiger partial charge is 0.465 e. The summed E-state index contributed by atoms with van der Waals surface area (Å²) in [6.45, 7) is 3.85. The van der Waals surface area contributed by atoms with Crippen LogP contribution in [0.2, 0.25) is 0 Å². The molecule has 0 saturated carbocycles. The van der Waals surface area contributed by atoms with Gasteiger partial charge < -0.3 is 4.74 Å². The Bertz CT molecular complexity index is 1010. The summed E-state index contributed by atoms with van der Waals surface area (Å²) < 4.78 is 5.05. The average molecular weight is 366 g/mol. The summed E-state index contributed by atoms with van der Waals surface area (Å²) in [5.41, 5.74) is 5.61. The van der Waals surface area contributed by atoms with E-state index >= 15 is 0 Å². The number of hydrogen-bond donors (Lipinski definition) is 0. The maximum absolute atomic E-state index is 12.5. The van der Waals surface area contributed by atoms with E-state index in [0.717, 1.165) is 23.1 Å². The van der Waals surface area contributed by atoms with Crippen molar-refractivity contribution in [2.45, 2.75) is 11.8 Å². The van der Waals surface area contributed by atoms with Crippen LogP contribution in [-0.4, -0.2) is 13.1 Å². The lowest BCUT2D eigenvalue weighted by Gasteiger charge is -2.36. The van der Waals surface area contributed by atoms with Crippen LogP contribution in [0, 0.1) is 0 Å². The smallest absolute Gasteiger partial charge is 0.339 e. The minimum Gasteiger partial charge on any atom is -0.465 e.